The summed E-state index contributed by atoms with van der Waals surface area (Å²) in [5, 5.41) is 2.95. The van der Waals surface area contributed by atoms with Gasteiger partial charge >= 0.3 is 0 Å². The van der Waals surface area contributed by atoms with Gasteiger partial charge in [0, 0.05) is 9.79 Å². The lowest BCUT2D eigenvalue weighted by molar-refractivity contribution is -0.122. The number of hydrogen-bond donors (Lipinski definition) is 1. The topological polar surface area (TPSA) is 38.3 Å². The van der Waals surface area contributed by atoms with E-state index in [9.17, 15) is 9.18 Å². The van der Waals surface area contributed by atoms with Gasteiger partial charge in [0.05, 0.1) is 5.69 Å². The van der Waals surface area contributed by atoms with Gasteiger partial charge in [-0.3, -0.25) is 4.79 Å². The molecule has 1 atom stereocenters. The Kier molecular flexibility index (Phi) is 6.49. The molecule has 0 bridgehead atoms. The lowest BCUT2D eigenvalue weighted by Gasteiger charge is -2.18. The molecule has 138 valence electrons. The van der Waals surface area contributed by atoms with Crippen LogP contribution in [-0.4, -0.2) is 12.0 Å². The van der Waals surface area contributed by atoms with E-state index in [0.29, 0.717) is 12.2 Å². The van der Waals surface area contributed by atoms with Gasteiger partial charge in [-0.05, 0) is 55.0 Å². The highest BCUT2D eigenvalue weighted by atomic mass is 32.2. The first kappa shape index (κ1) is 19.0. The van der Waals surface area contributed by atoms with Crippen molar-refractivity contribution in [2.24, 2.45) is 0 Å². The maximum Gasteiger partial charge on any atom is 0.265 e. The molecule has 0 heterocycles. The summed E-state index contributed by atoms with van der Waals surface area (Å²) in [4.78, 5) is 14.7. The lowest BCUT2D eigenvalue weighted by atomic mass is 10.2. The molecule has 0 fully saturated rings. The average molecular weight is 381 g/mol. The molecule has 3 aromatic rings. The van der Waals surface area contributed by atoms with Crippen LogP contribution in [0.3, 0.4) is 0 Å². The summed E-state index contributed by atoms with van der Waals surface area (Å²) in [6.45, 7) is 1.87. The molecule has 5 heteroatoms. The highest BCUT2D eigenvalue weighted by Gasteiger charge is 2.19. The van der Waals surface area contributed by atoms with E-state index in [1.807, 2.05) is 61.5 Å². The van der Waals surface area contributed by atoms with Crippen molar-refractivity contribution in [1.82, 2.24) is 0 Å². The molecule has 0 aliphatic rings. The highest BCUT2D eigenvalue weighted by Crippen LogP contribution is 2.33. The average Bonchev–Trinajstić information content (AvgIpc) is 2.70. The largest absolute Gasteiger partial charge is 0.481 e. The van der Waals surface area contributed by atoms with Gasteiger partial charge < -0.3 is 10.1 Å². The number of para-hydroxylation sites is 1. The molecular formula is C22H20FNO2S. The van der Waals surface area contributed by atoms with Crippen LogP contribution in [0, 0.1) is 5.82 Å². The molecule has 0 aliphatic carbocycles. The zero-order chi connectivity index (χ0) is 19.1. The van der Waals surface area contributed by atoms with Crippen LogP contribution in [0.5, 0.6) is 5.75 Å². The van der Waals surface area contributed by atoms with Crippen LogP contribution in [0.1, 0.15) is 13.3 Å². The number of carbonyl (C=O) groups is 1. The smallest absolute Gasteiger partial charge is 0.265 e. The Bertz CT molecular complexity index is 884. The molecule has 0 saturated carbocycles. The number of nitrogens with one attached hydrogen (secondary N) is 1. The first-order chi connectivity index (χ1) is 13.2. The number of hydrogen-bond acceptors (Lipinski definition) is 3. The lowest BCUT2D eigenvalue weighted by Crippen LogP contribution is -2.32. The van der Waals surface area contributed by atoms with Gasteiger partial charge in [-0.15, -0.1) is 0 Å². The maximum absolute atomic E-state index is 13.0. The van der Waals surface area contributed by atoms with Crippen molar-refractivity contribution in [1.29, 1.82) is 0 Å². The van der Waals surface area contributed by atoms with E-state index < -0.39 is 6.10 Å². The van der Waals surface area contributed by atoms with E-state index in [0.717, 1.165) is 15.5 Å². The van der Waals surface area contributed by atoms with Gasteiger partial charge in [-0.2, -0.15) is 0 Å². The predicted molar refractivity (Wildman–Crippen MR) is 107 cm³/mol. The molecule has 0 unspecified atom stereocenters. The van der Waals surface area contributed by atoms with Gasteiger partial charge in [0.2, 0.25) is 0 Å². The Hall–Kier alpha value is -2.79. The van der Waals surface area contributed by atoms with Crippen molar-refractivity contribution in [2.75, 3.05) is 5.32 Å². The standard InChI is InChI=1S/C22H20FNO2S/c1-2-20(26-17-14-12-16(23)13-15-17)22(25)24-19-10-6-7-11-21(19)27-18-8-4-3-5-9-18/h3-15,20H,2H2,1H3,(H,24,25)/t20-/m0/s1. The van der Waals surface area contributed by atoms with Gasteiger partial charge in [0.15, 0.2) is 6.10 Å². The second-order valence-electron chi connectivity index (χ2n) is 5.87. The summed E-state index contributed by atoms with van der Waals surface area (Å²) >= 11 is 1.58. The summed E-state index contributed by atoms with van der Waals surface area (Å²) in [5.41, 5.74) is 0.734. The van der Waals surface area contributed by atoms with E-state index in [-0.39, 0.29) is 11.7 Å². The van der Waals surface area contributed by atoms with Gasteiger partial charge in [-0.25, -0.2) is 4.39 Å². The first-order valence-electron chi connectivity index (χ1n) is 8.70. The summed E-state index contributed by atoms with van der Waals surface area (Å²) in [6.07, 6.45) is -0.165. The number of carbonyl (C=O) groups excluding carboxylic acids is 1. The molecule has 3 rings (SSSR count). The number of ether oxygens (including phenoxy) is 1. The number of rotatable bonds is 7. The fourth-order valence-corrected chi connectivity index (χ4v) is 3.41. The SMILES string of the molecule is CC[C@H](Oc1ccc(F)cc1)C(=O)Nc1ccccc1Sc1ccccc1. The Labute approximate surface area is 162 Å². The number of amides is 1. The molecule has 0 aromatic heterocycles. The van der Waals surface area contributed by atoms with E-state index in [1.54, 1.807) is 11.8 Å². The molecule has 0 spiro atoms. The van der Waals surface area contributed by atoms with Crippen LogP contribution >= 0.6 is 11.8 Å². The molecule has 0 aliphatic heterocycles. The molecule has 3 aromatic carbocycles. The second kappa shape index (κ2) is 9.24. The Balaban J connectivity index is 1.71. The first-order valence-corrected chi connectivity index (χ1v) is 9.52. The normalized spacial score (nSPS) is 11.6. The molecule has 0 saturated heterocycles. The van der Waals surface area contributed by atoms with Crippen molar-refractivity contribution in [3.63, 3.8) is 0 Å². The van der Waals surface area contributed by atoms with Crippen LogP contribution < -0.4 is 10.1 Å². The fourth-order valence-electron chi connectivity index (χ4n) is 2.49. The monoisotopic (exact) mass is 381 g/mol. The predicted octanol–water partition coefficient (Wildman–Crippen LogP) is 5.77. The van der Waals surface area contributed by atoms with Crippen LogP contribution in [0.15, 0.2) is 88.7 Å². The van der Waals surface area contributed by atoms with Crippen molar-refractivity contribution >= 4 is 23.4 Å². The van der Waals surface area contributed by atoms with Gasteiger partial charge in [-0.1, -0.05) is 49.0 Å². The zero-order valence-corrected chi connectivity index (χ0v) is 15.7. The minimum Gasteiger partial charge on any atom is -0.481 e. The minimum atomic E-state index is -0.662. The van der Waals surface area contributed by atoms with E-state index >= 15 is 0 Å². The van der Waals surface area contributed by atoms with Crippen molar-refractivity contribution in [3.05, 3.63) is 84.7 Å². The Morgan fingerprint density at radius 3 is 2.37 bits per heavy atom. The summed E-state index contributed by atoms with van der Waals surface area (Å²) in [5.74, 6) is -0.111. The quantitative estimate of drug-likeness (QED) is 0.564. The van der Waals surface area contributed by atoms with Gasteiger partial charge in [0.1, 0.15) is 11.6 Å². The third kappa shape index (κ3) is 5.34. The molecule has 0 radical (unpaired) electrons. The molecule has 1 N–H and O–H groups in total. The summed E-state index contributed by atoms with van der Waals surface area (Å²) in [7, 11) is 0. The summed E-state index contributed by atoms with van der Waals surface area (Å²) < 4.78 is 18.8. The van der Waals surface area contributed by atoms with E-state index in [2.05, 4.69) is 5.32 Å². The fraction of sp³-hybridized carbons (Fsp3) is 0.136. The zero-order valence-electron chi connectivity index (χ0n) is 14.9. The molecule has 1 amide bonds. The highest BCUT2D eigenvalue weighted by molar-refractivity contribution is 7.99. The Morgan fingerprint density at radius 2 is 1.67 bits per heavy atom. The van der Waals surface area contributed by atoms with Crippen LogP contribution in [0.25, 0.3) is 0 Å². The van der Waals surface area contributed by atoms with Crippen LogP contribution in [0.4, 0.5) is 10.1 Å². The molecular weight excluding hydrogens is 361 g/mol. The molecule has 27 heavy (non-hydrogen) atoms. The molecule has 3 nitrogen and oxygen atoms in total. The van der Waals surface area contributed by atoms with Crippen molar-refractivity contribution in [3.8, 4) is 5.75 Å². The minimum absolute atomic E-state index is 0.233. The number of benzene rings is 3. The van der Waals surface area contributed by atoms with Crippen LogP contribution in [0.2, 0.25) is 0 Å². The Morgan fingerprint density at radius 1 is 1.00 bits per heavy atom. The third-order valence-corrected chi connectivity index (χ3v) is 4.95. The van der Waals surface area contributed by atoms with Crippen molar-refractivity contribution in [2.45, 2.75) is 29.2 Å². The number of anilines is 1. The second-order valence-corrected chi connectivity index (χ2v) is 6.98. The number of halogens is 1. The van der Waals surface area contributed by atoms with E-state index in [4.69, 9.17) is 4.74 Å². The third-order valence-electron chi connectivity index (χ3n) is 3.87. The van der Waals surface area contributed by atoms with Gasteiger partial charge in [0.25, 0.3) is 5.91 Å². The summed E-state index contributed by atoms with van der Waals surface area (Å²) in [6, 6.07) is 23.3. The maximum atomic E-state index is 13.0. The van der Waals surface area contributed by atoms with Crippen molar-refractivity contribution < 1.29 is 13.9 Å². The van der Waals surface area contributed by atoms with Crippen LogP contribution in [-0.2, 0) is 4.79 Å². The van der Waals surface area contributed by atoms with E-state index in [1.165, 1.54) is 24.3 Å².